The number of carbonyl (C=O) groups excluding carboxylic acids is 2. The predicted molar refractivity (Wildman–Crippen MR) is 97.1 cm³/mol. The van der Waals surface area contributed by atoms with Crippen molar-refractivity contribution in [1.82, 2.24) is 10.2 Å². The lowest BCUT2D eigenvalue weighted by atomic mass is 10.1. The first-order chi connectivity index (χ1) is 12.2. The highest BCUT2D eigenvalue weighted by Crippen LogP contribution is 2.13. The van der Waals surface area contributed by atoms with Crippen LogP contribution in [0.3, 0.4) is 0 Å². The summed E-state index contributed by atoms with van der Waals surface area (Å²) in [6, 6.07) is 4.42. The molecule has 0 saturated carbocycles. The molecule has 2 N–H and O–H groups in total. The number of nitro benzene ring substituents is 1. The van der Waals surface area contributed by atoms with E-state index in [0.29, 0.717) is 12.2 Å². The number of nitro groups is 1. The van der Waals surface area contributed by atoms with Crippen molar-refractivity contribution in [2.24, 2.45) is 0 Å². The fraction of sp³-hybridized carbons (Fsp3) is 0.438. The molecule has 9 nitrogen and oxygen atoms in total. The van der Waals surface area contributed by atoms with Crippen LogP contribution < -0.4 is 5.32 Å². The summed E-state index contributed by atoms with van der Waals surface area (Å²) in [5.74, 6) is -0.753. The number of hydrogen-bond donors (Lipinski definition) is 2. The zero-order chi connectivity index (χ0) is 19.7. The lowest BCUT2D eigenvalue weighted by molar-refractivity contribution is -0.384. The second-order valence-corrected chi connectivity index (χ2v) is 6.78. The van der Waals surface area contributed by atoms with Crippen molar-refractivity contribution >= 4 is 34.6 Å². The maximum Gasteiger partial charge on any atom is 0.325 e. The number of hydrogen-bond acceptors (Lipinski definition) is 6. The minimum Gasteiger partial charge on any atom is -0.480 e. The number of aliphatic carboxylic acids is 1. The van der Waals surface area contributed by atoms with Gasteiger partial charge in [-0.25, -0.2) is 4.79 Å². The Balaban J connectivity index is 2.70. The highest BCUT2D eigenvalue weighted by Gasteiger charge is 2.19. The van der Waals surface area contributed by atoms with Crippen LogP contribution in [0.25, 0.3) is 0 Å². The molecule has 0 fully saturated rings. The number of nitrogens with one attached hydrogen (secondary N) is 1. The summed E-state index contributed by atoms with van der Waals surface area (Å²) in [6.45, 7) is 3.35. The molecule has 0 aliphatic heterocycles. The third-order valence-corrected chi connectivity index (χ3v) is 4.27. The van der Waals surface area contributed by atoms with Gasteiger partial charge in [-0.1, -0.05) is 23.9 Å². The van der Waals surface area contributed by atoms with Crippen LogP contribution in [-0.2, 0) is 16.0 Å². The Morgan fingerprint density at radius 1 is 1.27 bits per heavy atom. The Kier molecular flexibility index (Phi) is 8.56. The van der Waals surface area contributed by atoms with E-state index in [4.69, 9.17) is 5.11 Å². The van der Waals surface area contributed by atoms with Crippen LogP contribution in [0.1, 0.15) is 19.4 Å². The van der Waals surface area contributed by atoms with Crippen LogP contribution in [0, 0.1) is 10.1 Å². The molecule has 1 atom stereocenters. The van der Waals surface area contributed by atoms with Crippen molar-refractivity contribution in [3.8, 4) is 0 Å². The van der Waals surface area contributed by atoms with Crippen LogP contribution in [0.5, 0.6) is 0 Å². The highest BCUT2D eigenvalue weighted by molar-refractivity contribution is 8.13. The SMILES string of the molecule is CC(=O)SCCN(CCc1ccc([N+](=O)[O-])cc1)C(=O)NC(C)C(=O)O. The van der Waals surface area contributed by atoms with Gasteiger partial charge >= 0.3 is 12.0 Å². The van der Waals surface area contributed by atoms with Gasteiger partial charge in [-0.3, -0.25) is 19.7 Å². The molecule has 0 aliphatic carbocycles. The molecule has 142 valence electrons. The largest absolute Gasteiger partial charge is 0.480 e. The van der Waals surface area contributed by atoms with Crippen molar-refractivity contribution < 1.29 is 24.4 Å². The van der Waals surface area contributed by atoms with Gasteiger partial charge < -0.3 is 15.3 Å². The number of urea groups is 1. The van der Waals surface area contributed by atoms with Crippen molar-refractivity contribution in [1.29, 1.82) is 0 Å². The maximum absolute atomic E-state index is 12.3. The number of carboxylic acid groups (broad SMARTS) is 1. The van der Waals surface area contributed by atoms with Crippen LogP contribution >= 0.6 is 11.8 Å². The van der Waals surface area contributed by atoms with E-state index in [2.05, 4.69) is 5.32 Å². The normalized spacial score (nSPS) is 11.5. The van der Waals surface area contributed by atoms with Gasteiger partial charge in [0.05, 0.1) is 4.92 Å². The van der Waals surface area contributed by atoms with E-state index in [1.54, 1.807) is 12.1 Å². The van der Waals surface area contributed by atoms with E-state index in [1.807, 2.05) is 0 Å². The predicted octanol–water partition coefficient (Wildman–Crippen LogP) is 1.90. The Hall–Kier alpha value is -2.62. The monoisotopic (exact) mass is 383 g/mol. The Labute approximate surface area is 154 Å². The first-order valence-electron chi connectivity index (χ1n) is 7.85. The molecule has 0 aliphatic rings. The summed E-state index contributed by atoms with van der Waals surface area (Å²) in [4.78, 5) is 45.8. The molecule has 0 aromatic heterocycles. The summed E-state index contributed by atoms with van der Waals surface area (Å²) in [7, 11) is 0. The first kappa shape index (κ1) is 21.4. The standard InChI is InChI=1S/C16H21N3O6S/c1-11(15(21)22)17-16(23)18(9-10-26-12(2)20)8-7-13-3-5-14(6-4-13)19(24)25/h3-6,11H,7-10H2,1-2H3,(H,17,23)(H,21,22). The van der Waals surface area contributed by atoms with Gasteiger partial charge in [0.25, 0.3) is 5.69 Å². The average molecular weight is 383 g/mol. The number of carboxylic acids is 1. The fourth-order valence-corrected chi connectivity index (χ4v) is 2.60. The van der Waals surface area contributed by atoms with Crippen LogP contribution in [0.15, 0.2) is 24.3 Å². The highest BCUT2D eigenvalue weighted by atomic mass is 32.2. The molecule has 26 heavy (non-hydrogen) atoms. The molecular formula is C16H21N3O6S. The molecule has 0 saturated heterocycles. The number of amides is 2. The molecule has 0 radical (unpaired) electrons. The summed E-state index contributed by atoms with van der Waals surface area (Å²) in [5, 5.41) is 21.9. The number of non-ortho nitro benzene ring substituents is 1. The van der Waals surface area contributed by atoms with Gasteiger partial charge in [0, 0.05) is 37.9 Å². The van der Waals surface area contributed by atoms with Gasteiger partial charge in [-0.05, 0) is 18.9 Å². The Morgan fingerprint density at radius 3 is 2.38 bits per heavy atom. The molecular weight excluding hydrogens is 362 g/mol. The molecule has 10 heteroatoms. The number of rotatable bonds is 9. The molecule has 1 unspecified atom stereocenters. The van der Waals surface area contributed by atoms with E-state index < -0.39 is 23.0 Å². The zero-order valence-corrected chi connectivity index (χ0v) is 15.3. The van der Waals surface area contributed by atoms with Crippen LogP contribution in [-0.4, -0.2) is 56.9 Å². The van der Waals surface area contributed by atoms with E-state index >= 15 is 0 Å². The van der Waals surface area contributed by atoms with Gasteiger partial charge in [0.15, 0.2) is 5.12 Å². The molecule has 1 rings (SSSR count). The van der Waals surface area contributed by atoms with E-state index in [9.17, 15) is 24.5 Å². The lowest BCUT2D eigenvalue weighted by Crippen LogP contribution is -2.48. The van der Waals surface area contributed by atoms with Crippen LogP contribution in [0.4, 0.5) is 10.5 Å². The fourth-order valence-electron chi connectivity index (χ4n) is 2.00. The first-order valence-corrected chi connectivity index (χ1v) is 8.84. The van der Waals surface area contributed by atoms with Crippen molar-refractivity contribution in [3.05, 3.63) is 39.9 Å². The Morgan fingerprint density at radius 2 is 1.88 bits per heavy atom. The number of nitrogens with zero attached hydrogens (tertiary/aromatic N) is 2. The lowest BCUT2D eigenvalue weighted by Gasteiger charge is -2.24. The minimum absolute atomic E-state index is 0.0171. The summed E-state index contributed by atoms with van der Waals surface area (Å²) >= 11 is 1.08. The Bertz CT molecular complexity index is 664. The average Bonchev–Trinajstić information content (AvgIpc) is 2.57. The van der Waals surface area contributed by atoms with Gasteiger partial charge in [0.1, 0.15) is 6.04 Å². The third-order valence-electron chi connectivity index (χ3n) is 3.48. The van der Waals surface area contributed by atoms with Gasteiger partial charge in [0.2, 0.25) is 0 Å². The molecule has 0 bridgehead atoms. The second-order valence-electron chi connectivity index (χ2n) is 5.51. The molecule has 1 aromatic rings. The second kappa shape index (κ2) is 10.4. The van der Waals surface area contributed by atoms with Crippen molar-refractivity contribution in [2.45, 2.75) is 26.3 Å². The molecule has 2 amide bonds. The van der Waals surface area contributed by atoms with Crippen molar-refractivity contribution in [3.63, 3.8) is 0 Å². The number of thioether (sulfide) groups is 1. The summed E-state index contributed by atoms with van der Waals surface area (Å²) in [5.41, 5.74) is 0.787. The smallest absolute Gasteiger partial charge is 0.325 e. The quantitative estimate of drug-likeness (QED) is 0.492. The third kappa shape index (κ3) is 7.51. The maximum atomic E-state index is 12.3. The van der Waals surface area contributed by atoms with E-state index in [1.165, 1.54) is 30.9 Å². The molecule has 1 aromatic carbocycles. The molecule has 0 heterocycles. The summed E-state index contributed by atoms with van der Waals surface area (Å²) < 4.78 is 0. The topological polar surface area (TPSA) is 130 Å². The molecule has 0 spiro atoms. The van der Waals surface area contributed by atoms with Crippen molar-refractivity contribution in [2.75, 3.05) is 18.8 Å². The van der Waals surface area contributed by atoms with E-state index in [0.717, 1.165) is 17.3 Å². The zero-order valence-electron chi connectivity index (χ0n) is 14.5. The van der Waals surface area contributed by atoms with Gasteiger partial charge in [-0.15, -0.1) is 0 Å². The van der Waals surface area contributed by atoms with E-state index in [-0.39, 0.29) is 23.9 Å². The summed E-state index contributed by atoms with van der Waals surface area (Å²) in [6.07, 6.45) is 0.442. The minimum atomic E-state index is -1.15. The van der Waals surface area contributed by atoms with Gasteiger partial charge in [-0.2, -0.15) is 0 Å². The number of benzene rings is 1. The number of carbonyl (C=O) groups is 3. The van der Waals surface area contributed by atoms with Crippen LogP contribution in [0.2, 0.25) is 0 Å².